The van der Waals surface area contributed by atoms with Crippen LogP contribution in [0, 0.1) is 13.8 Å². The van der Waals surface area contributed by atoms with Gasteiger partial charge in [-0.2, -0.15) is 0 Å². The van der Waals surface area contributed by atoms with E-state index in [2.05, 4.69) is 36.6 Å². The van der Waals surface area contributed by atoms with Gasteiger partial charge in [-0.05, 0) is 37.8 Å². The highest BCUT2D eigenvalue weighted by atomic mass is 16.1. The summed E-state index contributed by atoms with van der Waals surface area (Å²) in [7, 11) is 0. The number of carbonyl (C=O) groups is 1. The molecule has 3 heteroatoms. The fourth-order valence-electron chi connectivity index (χ4n) is 2.96. The van der Waals surface area contributed by atoms with Crippen LogP contribution in [0.3, 0.4) is 0 Å². The number of hydrogen-bond donors (Lipinski definition) is 2. The number of carbonyl (C=O) groups excluding carboxylic acids is 1. The molecule has 1 saturated carbocycles. The van der Waals surface area contributed by atoms with Crippen molar-refractivity contribution in [2.45, 2.75) is 58.4 Å². The van der Waals surface area contributed by atoms with E-state index in [0.29, 0.717) is 12.6 Å². The molecule has 0 unspecified atom stereocenters. The zero-order chi connectivity index (χ0) is 14.4. The van der Waals surface area contributed by atoms with Gasteiger partial charge in [0, 0.05) is 11.7 Å². The van der Waals surface area contributed by atoms with Gasteiger partial charge in [-0.3, -0.25) is 4.79 Å². The van der Waals surface area contributed by atoms with Crippen molar-refractivity contribution >= 4 is 11.6 Å². The molecule has 20 heavy (non-hydrogen) atoms. The zero-order valence-electron chi connectivity index (χ0n) is 12.7. The molecule has 0 radical (unpaired) electrons. The van der Waals surface area contributed by atoms with E-state index in [-0.39, 0.29) is 5.91 Å². The standard InChI is InChI=1S/C17H26N2O/c1-13-8-7-9-14(2)17(13)18-12-16(20)19-15-10-5-3-4-6-11-15/h7-9,15,18H,3-6,10-12H2,1-2H3,(H,19,20). The minimum atomic E-state index is 0.111. The van der Waals surface area contributed by atoms with Gasteiger partial charge in [-0.25, -0.2) is 0 Å². The van der Waals surface area contributed by atoms with Gasteiger partial charge >= 0.3 is 0 Å². The van der Waals surface area contributed by atoms with Crippen molar-refractivity contribution in [3.8, 4) is 0 Å². The number of hydrogen-bond acceptors (Lipinski definition) is 2. The molecule has 1 aliphatic rings. The highest BCUT2D eigenvalue weighted by Crippen LogP contribution is 2.19. The van der Waals surface area contributed by atoms with Gasteiger partial charge < -0.3 is 10.6 Å². The van der Waals surface area contributed by atoms with Crippen LogP contribution in [0.4, 0.5) is 5.69 Å². The van der Waals surface area contributed by atoms with E-state index in [9.17, 15) is 4.79 Å². The zero-order valence-corrected chi connectivity index (χ0v) is 12.7. The molecule has 2 rings (SSSR count). The van der Waals surface area contributed by atoms with Crippen molar-refractivity contribution in [1.82, 2.24) is 5.32 Å². The van der Waals surface area contributed by atoms with Crippen LogP contribution in [0.1, 0.15) is 49.7 Å². The Hall–Kier alpha value is -1.51. The number of benzene rings is 1. The first-order valence-corrected chi connectivity index (χ1v) is 7.76. The van der Waals surface area contributed by atoms with E-state index >= 15 is 0 Å². The maximum Gasteiger partial charge on any atom is 0.239 e. The third kappa shape index (κ3) is 4.26. The average molecular weight is 274 g/mol. The molecule has 110 valence electrons. The van der Waals surface area contributed by atoms with Gasteiger partial charge in [-0.15, -0.1) is 0 Å². The van der Waals surface area contributed by atoms with E-state index in [0.717, 1.165) is 18.5 Å². The summed E-state index contributed by atoms with van der Waals surface area (Å²) < 4.78 is 0. The normalized spacial score (nSPS) is 16.5. The number of aryl methyl sites for hydroxylation is 2. The molecule has 0 spiro atoms. The smallest absolute Gasteiger partial charge is 0.239 e. The van der Waals surface area contributed by atoms with Crippen molar-refractivity contribution in [3.05, 3.63) is 29.3 Å². The number of para-hydroxylation sites is 1. The molecule has 1 aromatic rings. The Kier molecular flexibility index (Phi) is 5.45. The maximum atomic E-state index is 12.0. The van der Waals surface area contributed by atoms with E-state index in [4.69, 9.17) is 0 Å². The summed E-state index contributed by atoms with van der Waals surface area (Å²) in [4.78, 5) is 12.0. The van der Waals surface area contributed by atoms with Crippen LogP contribution in [0.15, 0.2) is 18.2 Å². The van der Waals surface area contributed by atoms with Crippen molar-refractivity contribution in [2.24, 2.45) is 0 Å². The molecular weight excluding hydrogens is 248 g/mol. The Morgan fingerprint density at radius 3 is 2.30 bits per heavy atom. The number of rotatable bonds is 4. The second kappa shape index (κ2) is 7.32. The van der Waals surface area contributed by atoms with Crippen LogP contribution in [-0.4, -0.2) is 18.5 Å². The summed E-state index contributed by atoms with van der Waals surface area (Å²) in [5.74, 6) is 0.111. The van der Waals surface area contributed by atoms with Crippen LogP contribution in [0.2, 0.25) is 0 Å². The average Bonchev–Trinajstić information content (AvgIpc) is 2.67. The molecule has 3 nitrogen and oxygen atoms in total. The molecule has 0 saturated heterocycles. The third-order valence-electron chi connectivity index (χ3n) is 4.13. The van der Waals surface area contributed by atoms with Gasteiger partial charge in [-0.1, -0.05) is 43.9 Å². The van der Waals surface area contributed by atoms with Gasteiger partial charge in [0.2, 0.25) is 5.91 Å². The van der Waals surface area contributed by atoms with E-state index in [1.807, 2.05) is 6.07 Å². The van der Waals surface area contributed by atoms with Gasteiger partial charge in [0.05, 0.1) is 6.54 Å². The Morgan fingerprint density at radius 2 is 1.70 bits per heavy atom. The van der Waals surface area contributed by atoms with Crippen molar-refractivity contribution in [2.75, 3.05) is 11.9 Å². The molecular formula is C17H26N2O. The molecule has 0 atom stereocenters. The van der Waals surface area contributed by atoms with Crippen molar-refractivity contribution in [1.29, 1.82) is 0 Å². The summed E-state index contributed by atoms with van der Waals surface area (Å²) in [6, 6.07) is 6.56. The lowest BCUT2D eigenvalue weighted by Gasteiger charge is -2.17. The number of amides is 1. The third-order valence-corrected chi connectivity index (χ3v) is 4.13. The largest absolute Gasteiger partial charge is 0.376 e. The second-order valence-corrected chi connectivity index (χ2v) is 5.88. The lowest BCUT2D eigenvalue weighted by atomic mass is 10.1. The molecule has 1 aliphatic carbocycles. The fourth-order valence-corrected chi connectivity index (χ4v) is 2.96. The number of nitrogens with one attached hydrogen (secondary N) is 2. The molecule has 0 heterocycles. The predicted molar refractivity (Wildman–Crippen MR) is 84.0 cm³/mol. The molecule has 1 fully saturated rings. The van der Waals surface area contributed by atoms with Crippen molar-refractivity contribution in [3.63, 3.8) is 0 Å². The van der Waals surface area contributed by atoms with Gasteiger partial charge in [0.15, 0.2) is 0 Å². The summed E-state index contributed by atoms with van der Waals surface area (Å²) in [5.41, 5.74) is 3.46. The van der Waals surface area contributed by atoms with Gasteiger partial charge in [0.25, 0.3) is 0 Å². The molecule has 0 aromatic heterocycles. The van der Waals surface area contributed by atoms with E-state index in [1.165, 1.54) is 36.8 Å². The number of anilines is 1. The maximum absolute atomic E-state index is 12.0. The van der Waals surface area contributed by atoms with Gasteiger partial charge in [0.1, 0.15) is 0 Å². The second-order valence-electron chi connectivity index (χ2n) is 5.88. The van der Waals surface area contributed by atoms with Crippen LogP contribution in [0.25, 0.3) is 0 Å². The highest BCUT2D eigenvalue weighted by molar-refractivity contribution is 5.81. The monoisotopic (exact) mass is 274 g/mol. The summed E-state index contributed by atoms with van der Waals surface area (Å²) in [6.45, 7) is 4.50. The van der Waals surface area contributed by atoms with Crippen LogP contribution in [-0.2, 0) is 4.79 Å². The summed E-state index contributed by atoms with van der Waals surface area (Å²) >= 11 is 0. The topological polar surface area (TPSA) is 41.1 Å². The highest BCUT2D eigenvalue weighted by Gasteiger charge is 2.14. The predicted octanol–water partition coefficient (Wildman–Crippen LogP) is 3.55. The van der Waals surface area contributed by atoms with E-state index in [1.54, 1.807) is 0 Å². The Bertz CT molecular complexity index is 428. The molecule has 1 amide bonds. The lowest BCUT2D eigenvalue weighted by Crippen LogP contribution is -2.38. The summed E-state index contributed by atoms with van der Waals surface area (Å²) in [6.07, 6.45) is 7.38. The first-order chi connectivity index (χ1) is 9.66. The van der Waals surface area contributed by atoms with Crippen LogP contribution < -0.4 is 10.6 Å². The van der Waals surface area contributed by atoms with Crippen LogP contribution in [0.5, 0.6) is 0 Å². The molecule has 0 aliphatic heterocycles. The first-order valence-electron chi connectivity index (χ1n) is 7.76. The minimum absolute atomic E-state index is 0.111. The Labute approximate surface area is 122 Å². The van der Waals surface area contributed by atoms with Crippen LogP contribution >= 0.6 is 0 Å². The SMILES string of the molecule is Cc1cccc(C)c1NCC(=O)NC1CCCCCC1. The molecule has 1 aromatic carbocycles. The van der Waals surface area contributed by atoms with E-state index < -0.39 is 0 Å². The molecule has 0 bridgehead atoms. The Morgan fingerprint density at radius 1 is 1.10 bits per heavy atom. The molecule has 2 N–H and O–H groups in total. The Balaban J connectivity index is 1.82. The lowest BCUT2D eigenvalue weighted by molar-refractivity contribution is -0.120. The fraction of sp³-hybridized carbons (Fsp3) is 0.588. The quantitative estimate of drug-likeness (QED) is 0.824. The minimum Gasteiger partial charge on any atom is -0.376 e. The summed E-state index contributed by atoms with van der Waals surface area (Å²) in [5, 5.41) is 6.44. The van der Waals surface area contributed by atoms with Crippen molar-refractivity contribution < 1.29 is 4.79 Å². The first kappa shape index (κ1) is 14.9.